The fourth-order valence-electron chi connectivity index (χ4n) is 1.96. The Bertz CT molecular complexity index is 634. The highest BCUT2D eigenvalue weighted by Gasteiger charge is 2.02. The number of nitrogens with zero attached hydrogens (tertiary/aromatic N) is 2. The summed E-state index contributed by atoms with van der Waals surface area (Å²) in [6.07, 6.45) is 2.50. The van der Waals surface area contributed by atoms with E-state index < -0.39 is 0 Å². The number of para-hydroxylation sites is 1. The van der Waals surface area contributed by atoms with Crippen molar-refractivity contribution in [1.29, 1.82) is 0 Å². The minimum atomic E-state index is 0. The van der Waals surface area contributed by atoms with E-state index in [2.05, 4.69) is 15.3 Å². The zero-order valence-corrected chi connectivity index (χ0v) is 15.9. The first-order valence-corrected chi connectivity index (χ1v) is 7.31. The van der Waals surface area contributed by atoms with Crippen LogP contribution in [0.25, 0.3) is 0 Å². The van der Waals surface area contributed by atoms with Crippen molar-refractivity contribution in [3.63, 3.8) is 0 Å². The molecule has 0 aliphatic heterocycles. The van der Waals surface area contributed by atoms with Crippen LogP contribution < -0.4 is 11.1 Å². The number of benzene rings is 1. The second-order valence-corrected chi connectivity index (χ2v) is 5.11. The van der Waals surface area contributed by atoms with Crippen LogP contribution >= 0.6 is 35.6 Å². The molecule has 1 heterocycles. The highest BCUT2D eigenvalue weighted by Crippen LogP contribution is 2.15. The molecule has 0 bridgehead atoms. The Kier molecular flexibility index (Phi) is 8.90. The van der Waals surface area contributed by atoms with E-state index >= 15 is 0 Å². The van der Waals surface area contributed by atoms with Crippen molar-refractivity contribution >= 4 is 47.2 Å². The molecule has 1 aromatic carbocycles. The largest absolute Gasteiger partial charge is 0.380 e. The van der Waals surface area contributed by atoms with Crippen LogP contribution in [0, 0.1) is 0 Å². The van der Waals surface area contributed by atoms with Crippen molar-refractivity contribution in [2.24, 2.45) is 10.7 Å². The highest BCUT2D eigenvalue weighted by molar-refractivity contribution is 14.0. The lowest BCUT2D eigenvalue weighted by atomic mass is 10.2. The van der Waals surface area contributed by atoms with E-state index in [4.69, 9.17) is 22.1 Å². The van der Waals surface area contributed by atoms with Crippen molar-refractivity contribution < 1.29 is 4.74 Å². The highest BCUT2D eigenvalue weighted by atomic mass is 127. The number of pyridine rings is 1. The first kappa shape index (κ1) is 19.7. The van der Waals surface area contributed by atoms with Crippen LogP contribution in [-0.4, -0.2) is 24.6 Å². The lowest BCUT2D eigenvalue weighted by Gasteiger charge is -2.10. The first-order chi connectivity index (χ1) is 10.7. The number of nitrogens with two attached hydrogens (primary N) is 1. The molecule has 23 heavy (non-hydrogen) atoms. The van der Waals surface area contributed by atoms with E-state index in [1.54, 1.807) is 19.4 Å². The molecule has 0 fully saturated rings. The molecule has 0 amide bonds. The third-order valence-corrected chi connectivity index (χ3v) is 3.27. The molecule has 0 radical (unpaired) electrons. The van der Waals surface area contributed by atoms with Gasteiger partial charge in [-0.3, -0.25) is 4.99 Å². The Hall–Kier alpha value is -1.38. The Labute approximate surface area is 158 Å². The molecule has 0 aliphatic carbocycles. The summed E-state index contributed by atoms with van der Waals surface area (Å²) in [5, 5.41) is 3.59. The van der Waals surface area contributed by atoms with Gasteiger partial charge in [-0.2, -0.15) is 0 Å². The Balaban J connectivity index is 0.00000264. The quantitative estimate of drug-likeness (QED) is 0.308. The zero-order chi connectivity index (χ0) is 15.8. The summed E-state index contributed by atoms with van der Waals surface area (Å²) in [4.78, 5) is 8.35. The van der Waals surface area contributed by atoms with Gasteiger partial charge in [-0.05, 0) is 24.1 Å². The zero-order valence-electron chi connectivity index (χ0n) is 12.8. The van der Waals surface area contributed by atoms with Crippen LogP contribution in [0.2, 0.25) is 5.15 Å². The lowest BCUT2D eigenvalue weighted by Crippen LogP contribution is -2.23. The second-order valence-electron chi connectivity index (χ2n) is 4.72. The van der Waals surface area contributed by atoms with Gasteiger partial charge in [-0.15, -0.1) is 24.0 Å². The van der Waals surface area contributed by atoms with Gasteiger partial charge in [0.05, 0.1) is 6.61 Å². The third kappa shape index (κ3) is 6.72. The number of aliphatic imine (C=N–C) groups is 1. The van der Waals surface area contributed by atoms with Crippen LogP contribution in [0.1, 0.15) is 11.1 Å². The summed E-state index contributed by atoms with van der Waals surface area (Å²) in [7, 11) is 1.66. The van der Waals surface area contributed by atoms with Crippen molar-refractivity contribution in [1.82, 2.24) is 4.98 Å². The number of rotatable bonds is 6. The normalized spacial score (nSPS) is 11.0. The molecule has 5 nitrogen and oxygen atoms in total. The molecule has 0 unspecified atom stereocenters. The molecule has 0 atom stereocenters. The summed E-state index contributed by atoms with van der Waals surface area (Å²) in [6.45, 7) is 1.10. The number of nitrogens with one attached hydrogen (secondary N) is 1. The summed E-state index contributed by atoms with van der Waals surface area (Å²) in [6, 6.07) is 11.5. The third-order valence-electron chi connectivity index (χ3n) is 3.05. The Morgan fingerprint density at radius 1 is 1.30 bits per heavy atom. The number of guanidine groups is 1. The van der Waals surface area contributed by atoms with Gasteiger partial charge in [0.15, 0.2) is 5.96 Å². The predicted octanol–water partition coefficient (Wildman–Crippen LogP) is 3.47. The smallest absolute Gasteiger partial charge is 0.193 e. The van der Waals surface area contributed by atoms with E-state index in [1.807, 2.05) is 30.3 Å². The van der Waals surface area contributed by atoms with Gasteiger partial charge >= 0.3 is 0 Å². The molecule has 2 rings (SSSR count). The van der Waals surface area contributed by atoms with E-state index in [-0.39, 0.29) is 24.0 Å². The van der Waals surface area contributed by atoms with Gasteiger partial charge in [-0.25, -0.2) is 4.98 Å². The molecule has 0 aliphatic rings. The molecule has 0 spiro atoms. The van der Waals surface area contributed by atoms with Gasteiger partial charge in [0, 0.05) is 31.1 Å². The predicted molar refractivity (Wildman–Crippen MR) is 106 cm³/mol. The van der Waals surface area contributed by atoms with Crippen LogP contribution in [0.4, 0.5) is 5.69 Å². The first-order valence-electron chi connectivity index (χ1n) is 6.93. The van der Waals surface area contributed by atoms with E-state index in [0.717, 1.165) is 23.2 Å². The maximum atomic E-state index is 5.92. The molecule has 7 heteroatoms. The average molecular weight is 447 g/mol. The van der Waals surface area contributed by atoms with Gasteiger partial charge in [0.1, 0.15) is 5.15 Å². The molecule has 1 aromatic heterocycles. The molecule has 0 saturated heterocycles. The van der Waals surface area contributed by atoms with Crippen molar-refractivity contribution in [3.05, 3.63) is 58.9 Å². The maximum absolute atomic E-state index is 5.92. The number of aromatic nitrogens is 1. The number of hydrogen-bond donors (Lipinski definition) is 2. The molecule has 3 N–H and O–H groups in total. The fourth-order valence-corrected chi connectivity index (χ4v) is 2.07. The number of hydrogen-bond acceptors (Lipinski definition) is 3. The maximum Gasteiger partial charge on any atom is 0.193 e. The van der Waals surface area contributed by atoms with Crippen LogP contribution in [-0.2, 0) is 17.8 Å². The van der Waals surface area contributed by atoms with Crippen LogP contribution in [0.15, 0.2) is 47.6 Å². The lowest BCUT2D eigenvalue weighted by molar-refractivity contribution is 0.185. The van der Waals surface area contributed by atoms with Gasteiger partial charge in [0.25, 0.3) is 0 Å². The average Bonchev–Trinajstić information content (AvgIpc) is 2.51. The Morgan fingerprint density at radius 3 is 2.78 bits per heavy atom. The monoisotopic (exact) mass is 446 g/mol. The van der Waals surface area contributed by atoms with E-state index in [1.165, 1.54) is 0 Å². The summed E-state index contributed by atoms with van der Waals surface area (Å²) in [5.41, 5.74) is 8.92. The van der Waals surface area contributed by atoms with Crippen LogP contribution in [0.5, 0.6) is 0 Å². The van der Waals surface area contributed by atoms with Gasteiger partial charge in [-0.1, -0.05) is 35.9 Å². The molecular formula is C16H20ClIN4O. The SMILES string of the molecule is COCc1ccccc1NC(N)=NCCc1ccc(Cl)nc1.I. The van der Waals surface area contributed by atoms with Crippen molar-refractivity contribution in [3.8, 4) is 0 Å². The van der Waals surface area contributed by atoms with E-state index in [9.17, 15) is 0 Å². The summed E-state index contributed by atoms with van der Waals surface area (Å²) >= 11 is 5.75. The molecule has 0 saturated carbocycles. The standard InChI is InChI=1S/C16H19ClN4O.HI/c1-22-11-13-4-2-3-5-14(13)21-16(18)19-9-8-12-6-7-15(17)20-10-12;/h2-7,10H,8-9,11H2,1H3,(H3,18,19,21);1H. The fraction of sp³-hybridized carbons (Fsp3) is 0.250. The summed E-state index contributed by atoms with van der Waals surface area (Å²) < 4.78 is 5.16. The minimum Gasteiger partial charge on any atom is -0.380 e. The molecular weight excluding hydrogens is 427 g/mol. The second kappa shape index (κ2) is 10.4. The number of methoxy groups -OCH3 is 1. The Morgan fingerprint density at radius 2 is 2.09 bits per heavy atom. The summed E-state index contributed by atoms with van der Waals surface area (Å²) in [5.74, 6) is 0.380. The van der Waals surface area contributed by atoms with Gasteiger partial charge in [0.2, 0.25) is 0 Å². The minimum absolute atomic E-state index is 0. The van der Waals surface area contributed by atoms with E-state index in [0.29, 0.717) is 24.3 Å². The topological polar surface area (TPSA) is 72.5 Å². The van der Waals surface area contributed by atoms with Gasteiger partial charge < -0.3 is 15.8 Å². The number of halogens is 2. The van der Waals surface area contributed by atoms with Crippen LogP contribution in [0.3, 0.4) is 0 Å². The number of ether oxygens (including phenoxy) is 1. The van der Waals surface area contributed by atoms with Crippen molar-refractivity contribution in [2.45, 2.75) is 13.0 Å². The van der Waals surface area contributed by atoms with Crippen molar-refractivity contribution in [2.75, 3.05) is 19.0 Å². The molecule has 124 valence electrons. The number of anilines is 1. The molecule has 2 aromatic rings.